The molecular formula is C23H18N6O2S. The van der Waals surface area contributed by atoms with Crippen molar-refractivity contribution in [1.29, 1.82) is 0 Å². The van der Waals surface area contributed by atoms with E-state index < -0.39 is 9.84 Å². The quantitative estimate of drug-likeness (QED) is 0.459. The number of aromatic nitrogens is 4. The van der Waals surface area contributed by atoms with Crippen LogP contribution in [0.1, 0.15) is 29.4 Å². The number of nitrogens with zero attached hydrogens (tertiary/aromatic N) is 5. The van der Waals surface area contributed by atoms with Crippen molar-refractivity contribution < 1.29 is 8.42 Å². The minimum atomic E-state index is -3.49. The number of benzene rings is 3. The summed E-state index contributed by atoms with van der Waals surface area (Å²) in [6.07, 6.45) is 0.584. The number of sulfone groups is 1. The highest BCUT2D eigenvalue weighted by atomic mass is 32.2. The average molecular weight is 443 g/mol. The summed E-state index contributed by atoms with van der Waals surface area (Å²) in [4.78, 5) is 2.13. The lowest BCUT2D eigenvalue weighted by Gasteiger charge is -2.22. The molecule has 1 unspecified atom stereocenters. The molecule has 1 atom stereocenters. The van der Waals surface area contributed by atoms with Crippen LogP contribution in [-0.2, 0) is 16.4 Å². The summed E-state index contributed by atoms with van der Waals surface area (Å²) in [6.45, 7) is 0.668. The van der Waals surface area contributed by atoms with Gasteiger partial charge < -0.3 is 5.32 Å². The Kier molecular flexibility index (Phi) is 4.27. The van der Waals surface area contributed by atoms with Crippen LogP contribution < -0.4 is 5.32 Å². The van der Waals surface area contributed by atoms with Crippen molar-refractivity contribution in [1.82, 2.24) is 25.6 Å². The van der Waals surface area contributed by atoms with Gasteiger partial charge in [-0.1, -0.05) is 54.6 Å². The third kappa shape index (κ3) is 2.97. The van der Waals surface area contributed by atoms with Crippen LogP contribution in [0.25, 0.3) is 11.1 Å². The summed E-state index contributed by atoms with van der Waals surface area (Å²) in [5.41, 5.74) is 4.23. The van der Waals surface area contributed by atoms with Gasteiger partial charge in [0, 0.05) is 24.1 Å². The largest absolute Gasteiger partial charge is 0.303 e. The minimum absolute atomic E-state index is 0.123. The maximum absolute atomic E-state index is 12.9. The predicted octanol–water partition coefficient (Wildman–Crippen LogP) is 2.97. The van der Waals surface area contributed by atoms with E-state index in [-0.39, 0.29) is 6.04 Å². The van der Waals surface area contributed by atoms with Crippen molar-refractivity contribution >= 4 is 15.5 Å². The van der Waals surface area contributed by atoms with Gasteiger partial charge in [0.15, 0.2) is 5.82 Å². The van der Waals surface area contributed by atoms with Gasteiger partial charge in [-0.15, -0.1) is 9.89 Å². The topological polar surface area (TPSA) is 102 Å². The van der Waals surface area contributed by atoms with Gasteiger partial charge in [0.05, 0.1) is 21.5 Å². The van der Waals surface area contributed by atoms with Crippen LogP contribution in [0.5, 0.6) is 0 Å². The minimum Gasteiger partial charge on any atom is -0.303 e. The molecule has 0 saturated heterocycles. The molecule has 6 rings (SSSR count). The van der Waals surface area contributed by atoms with Gasteiger partial charge in [0.2, 0.25) is 9.84 Å². The Morgan fingerprint density at radius 2 is 1.72 bits per heavy atom. The molecule has 4 aromatic rings. The lowest BCUT2D eigenvalue weighted by atomic mass is 9.97. The van der Waals surface area contributed by atoms with Gasteiger partial charge in [-0.2, -0.15) is 5.10 Å². The summed E-state index contributed by atoms with van der Waals surface area (Å²) >= 11 is 0. The van der Waals surface area contributed by atoms with Gasteiger partial charge in [-0.05, 0) is 39.8 Å². The third-order valence-corrected chi connectivity index (χ3v) is 7.74. The number of rotatable bonds is 4. The predicted molar refractivity (Wildman–Crippen MR) is 118 cm³/mol. The van der Waals surface area contributed by atoms with Crippen LogP contribution in [0.4, 0.5) is 0 Å². The number of fused-ring (bicyclic) bond motifs is 4. The Hall–Kier alpha value is -3.69. The van der Waals surface area contributed by atoms with E-state index in [1.54, 1.807) is 18.2 Å². The molecule has 2 aliphatic heterocycles. The fraction of sp³-hybridized carbons (Fsp3) is 0.130. The van der Waals surface area contributed by atoms with E-state index in [2.05, 4.69) is 38.1 Å². The van der Waals surface area contributed by atoms with E-state index in [1.807, 2.05) is 42.5 Å². The molecule has 2 aliphatic rings. The highest BCUT2D eigenvalue weighted by Crippen LogP contribution is 2.43. The Morgan fingerprint density at radius 1 is 0.938 bits per heavy atom. The molecule has 0 spiro atoms. The zero-order valence-corrected chi connectivity index (χ0v) is 17.7. The average Bonchev–Trinajstić information content (AvgIpc) is 3.39. The molecule has 32 heavy (non-hydrogen) atoms. The first-order chi connectivity index (χ1) is 15.6. The molecule has 0 saturated carbocycles. The molecule has 158 valence electrons. The molecule has 0 bridgehead atoms. The number of hydrogen-bond donors (Lipinski definition) is 1. The summed E-state index contributed by atoms with van der Waals surface area (Å²) < 4.78 is 25.8. The highest BCUT2D eigenvalue weighted by Gasteiger charge is 2.34. The van der Waals surface area contributed by atoms with E-state index in [1.165, 1.54) is 4.79 Å². The van der Waals surface area contributed by atoms with Gasteiger partial charge >= 0.3 is 0 Å². The normalized spacial score (nSPS) is 17.9. The first-order valence-corrected chi connectivity index (χ1v) is 11.7. The van der Waals surface area contributed by atoms with Crippen molar-refractivity contribution in [2.75, 3.05) is 0 Å². The first kappa shape index (κ1) is 19.0. The Labute approximate surface area is 184 Å². The standard InChI is InChI=1S/C23H18N6O2S/c30-32(31)21-9-5-4-8-17(21)18-12-16(10-11-22(18)32)19-13-20(23-25-27-28-29(23)26-19)24-14-15-6-2-1-3-7-15/h1-12,20,24H,13-14H2. The van der Waals surface area contributed by atoms with Crippen LogP contribution >= 0.6 is 0 Å². The van der Waals surface area contributed by atoms with Gasteiger partial charge in [-0.3, -0.25) is 0 Å². The van der Waals surface area contributed by atoms with Crippen LogP contribution in [0.2, 0.25) is 0 Å². The molecule has 1 aromatic heterocycles. The molecule has 9 heteroatoms. The van der Waals surface area contributed by atoms with E-state index in [4.69, 9.17) is 0 Å². The van der Waals surface area contributed by atoms with Crippen molar-refractivity contribution in [3.63, 3.8) is 0 Å². The Balaban J connectivity index is 1.36. The Bertz CT molecular complexity index is 1480. The van der Waals surface area contributed by atoms with E-state index in [9.17, 15) is 8.42 Å². The monoisotopic (exact) mass is 442 g/mol. The van der Waals surface area contributed by atoms with Gasteiger partial charge in [0.1, 0.15) is 0 Å². The van der Waals surface area contributed by atoms with E-state index >= 15 is 0 Å². The highest BCUT2D eigenvalue weighted by molar-refractivity contribution is 7.92. The summed E-state index contributed by atoms with van der Waals surface area (Å²) in [7, 11) is -3.49. The molecule has 3 heterocycles. The molecule has 3 aromatic carbocycles. The molecule has 8 nitrogen and oxygen atoms in total. The number of hydrogen-bond acceptors (Lipinski definition) is 7. The maximum Gasteiger partial charge on any atom is 0.207 e. The second-order valence-electron chi connectivity index (χ2n) is 7.81. The maximum atomic E-state index is 12.9. The van der Waals surface area contributed by atoms with Crippen molar-refractivity contribution in [2.24, 2.45) is 5.10 Å². The summed E-state index contributed by atoms with van der Waals surface area (Å²) in [5.74, 6) is 0.652. The fourth-order valence-electron chi connectivity index (χ4n) is 4.28. The zero-order chi connectivity index (χ0) is 21.7. The van der Waals surface area contributed by atoms with Crippen LogP contribution in [0, 0.1) is 0 Å². The van der Waals surface area contributed by atoms with Gasteiger partial charge in [0.25, 0.3) is 0 Å². The van der Waals surface area contributed by atoms with Crippen molar-refractivity contribution in [2.45, 2.75) is 28.8 Å². The van der Waals surface area contributed by atoms with E-state index in [0.29, 0.717) is 34.1 Å². The van der Waals surface area contributed by atoms with Crippen molar-refractivity contribution in [3.8, 4) is 11.1 Å². The third-order valence-electron chi connectivity index (χ3n) is 5.87. The number of tetrazole rings is 1. The molecule has 0 amide bonds. The second-order valence-corrected chi connectivity index (χ2v) is 9.69. The SMILES string of the molecule is O=S1(=O)c2ccccc2-c2cc(C3=Nn4nnnc4C(NCc4ccccc4)C3)ccc21. The summed E-state index contributed by atoms with van der Waals surface area (Å²) in [5, 5.41) is 20.0. The molecule has 0 radical (unpaired) electrons. The van der Waals surface area contributed by atoms with Crippen LogP contribution in [0.3, 0.4) is 0 Å². The zero-order valence-electron chi connectivity index (χ0n) is 16.9. The first-order valence-electron chi connectivity index (χ1n) is 10.2. The fourth-order valence-corrected chi connectivity index (χ4v) is 5.95. The molecule has 1 N–H and O–H groups in total. The second kappa shape index (κ2) is 7.18. The van der Waals surface area contributed by atoms with Gasteiger partial charge in [-0.25, -0.2) is 8.42 Å². The molecular weight excluding hydrogens is 424 g/mol. The van der Waals surface area contributed by atoms with Crippen molar-refractivity contribution in [3.05, 3.63) is 89.7 Å². The smallest absolute Gasteiger partial charge is 0.207 e. The summed E-state index contributed by atoms with van der Waals surface area (Å²) in [6, 6.07) is 22.5. The molecule has 0 aliphatic carbocycles. The Morgan fingerprint density at radius 3 is 2.59 bits per heavy atom. The van der Waals surface area contributed by atoms with E-state index in [0.717, 1.165) is 22.4 Å². The van der Waals surface area contributed by atoms with Crippen LogP contribution in [-0.4, -0.2) is 34.4 Å². The lowest BCUT2D eigenvalue weighted by molar-refractivity contribution is 0.475. The molecule has 0 fully saturated rings. The number of nitrogens with one attached hydrogen (secondary N) is 1. The lowest BCUT2D eigenvalue weighted by Crippen LogP contribution is -2.30. The van der Waals surface area contributed by atoms with Crippen LogP contribution in [0.15, 0.2) is 87.7 Å².